The number of amides is 1. The van der Waals surface area contributed by atoms with Gasteiger partial charge in [0.15, 0.2) is 0 Å². The molecule has 1 aliphatic carbocycles. The van der Waals surface area contributed by atoms with E-state index in [1.807, 2.05) is 6.92 Å². The third kappa shape index (κ3) is 3.59. The van der Waals surface area contributed by atoms with Crippen LogP contribution in [0.1, 0.15) is 53.9 Å². The molecular weight excluding hydrogens is 266 g/mol. The number of hydrogen-bond acceptors (Lipinski definition) is 3. The third-order valence-corrected chi connectivity index (χ3v) is 5.06. The molecule has 1 aliphatic heterocycles. The van der Waals surface area contributed by atoms with Crippen molar-refractivity contribution in [1.82, 2.24) is 5.32 Å². The molecule has 2 aliphatic rings. The van der Waals surface area contributed by atoms with E-state index in [1.54, 1.807) is 0 Å². The normalized spacial score (nSPS) is 32.2. The predicted octanol–water partition coefficient (Wildman–Crippen LogP) is 2.76. The van der Waals surface area contributed by atoms with E-state index >= 15 is 0 Å². The summed E-state index contributed by atoms with van der Waals surface area (Å²) in [7, 11) is 0. The summed E-state index contributed by atoms with van der Waals surface area (Å²) < 4.78 is 11.5. The molecule has 0 aromatic rings. The zero-order valence-electron chi connectivity index (χ0n) is 14.1. The van der Waals surface area contributed by atoms with Crippen molar-refractivity contribution in [1.29, 1.82) is 0 Å². The molecule has 0 spiro atoms. The molecule has 1 N–H and O–H groups in total. The van der Waals surface area contributed by atoms with Crippen LogP contribution in [0.5, 0.6) is 0 Å². The number of nitrogens with one attached hydrogen (secondary N) is 1. The van der Waals surface area contributed by atoms with Gasteiger partial charge in [0.25, 0.3) is 0 Å². The van der Waals surface area contributed by atoms with Crippen LogP contribution in [0.15, 0.2) is 0 Å². The highest BCUT2D eigenvalue weighted by Gasteiger charge is 2.58. The maximum Gasteiger partial charge on any atom is 0.249 e. The Labute approximate surface area is 129 Å². The van der Waals surface area contributed by atoms with Crippen molar-refractivity contribution in [2.24, 2.45) is 17.3 Å². The zero-order valence-corrected chi connectivity index (χ0v) is 14.1. The fourth-order valence-electron chi connectivity index (χ4n) is 3.64. The van der Waals surface area contributed by atoms with E-state index in [-0.39, 0.29) is 23.5 Å². The first kappa shape index (κ1) is 16.8. The Hall–Kier alpha value is -0.610. The molecular formula is C17H31NO3. The number of hydrogen-bond donors (Lipinski definition) is 1. The monoisotopic (exact) mass is 297 g/mol. The SMILES string of the molecule is CC(C)CCO[C@H](C)C(=O)N[C@@H]1[C@@H]2CCCO[C@@H]2C1(C)C. The lowest BCUT2D eigenvalue weighted by Crippen LogP contribution is -2.70. The minimum Gasteiger partial charge on any atom is -0.377 e. The predicted molar refractivity (Wildman–Crippen MR) is 83.0 cm³/mol. The van der Waals surface area contributed by atoms with E-state index < -0.39 is 0 Å². The average Bonchev–Trinajstić information content (AvgIpc) is 2.44. The molecule has 0 aromatic carbocycles. The fourth-order valence-corrected chi connectivity index (χ4v) is 3.64. The largest absolute Gasteiger partial charge is 0.377 e. The van der Waals surface area contributed by atoms with Crippen LogP contribution in [0.3, 0.4) is 0 Å². The summed E-state index contributed by atoms with van der Waals surface area (Å²) in [6.45, 7) is 12.1. The van der Waals surface area contributed by atoms with Crippen LogP contribution in [0, 0.1) is 17.3 Å². The molecule has 0 radical (unpaired) electrons. The first-order valence-corrected chi connectivity index (χ1v) is 8.37. The van der Waals surface area contributed by atoms with Gasteiger partial charge in [-0.05, 0) is 32.1 Å². The van der Waals surface area contributed by atoms with Crippen LogP contribution in [0.4, 0.5) is 0 Å². The van der Waals surface area contributed by atoms with E-state index in [0.29, 0.717) is 24.5 Å². The molecule has 0 unspecified atom stereocenters. The van der Waals surface area contributed by atoms with Crippen molar-refractivity contribution in [3.63, 3.8) is 0 Å². The maximum atomic E-state index is 12.3. The summed E-state index contributed by atoms with van der Waals surface area (Å²) >= 11 is 0. The van der Waals surface area contributed by atoms with Gasteiger partial charge in [-0.25, -0.2) is 0 Å². The summed E-state index contributed by atoms with van der Waals surface area (Å²) in [5.74, 6) is 1.09. The van der Waals surface area contributed by atoms with Gasteiger partial charge in [-0.3, -0.25) is 4.79 Å². The molecule has 2 rings (SSSR count). The molecule has 1 heterocycles. The van der Waals surface area contributed by atoms with Crippen molar-refractivity contribution >= 4 is 5.91 Å². The summed E-state index contributed by atoms with van der Waals surface area (Å²) in [6.07, 6.45) is 3.17. The van der Waals surface area contributed by atoms with Gasteiger partial charge in [-0.1, -0.05) is 27.7 Å². The Bertz CT molecular complexity index is 367. The number of carbonyl (C=O) groups is 1. The van der Waals surface area contributed by atoms with E-state index in [0.717, 1.165) is 25.9 Å². The van der Waals surface area contributed by atoms with Gasteiger partial charge in [0.2, 0.25) is 5.91 Å². The van der Waals surface area contributed by atoms with Crippen molar-refractivity contribution in [3.05, 3.63) is 0 Å². The Kier molecular flexibility index (Phi) is 5.31. The Balaban J connectivity index is 1.81. The van der Waals surface area contributed by atoms with Gasteiger partial charge in [-0.2, -0.15) is 0 Å². The van der Waals surface area contributed by atoms with Gasteiger partial charge >= 0.3 is 0 Å². The first-order valence-electron chi connectivity index (χ1n) is 8.37. The van der Waals surface area contributed by atoms with Crippen molar-refractivity contribution in [2.75, 3.05) is 13.2 Å². The Morgan fingerprint density at radius 3 is 2.76 bits per heavy atom. The number of ether oxygens (including phenoxy) is 2. The number of fused-ring (bicyclic) bond motifs is 1. The van der Waals surface area contributed by atoms with Crippen LogP contribution < -0.4 is 5.32 Å². The fraction of sp³-hybridized carbons (Fsp3) is 0.941. The second-order valence-electron chi connectivity index (χ2n) is 7.60. The molecule has 1 amide bonds. The Morgan fingerprint density at radius 2 is 2.10 bits per heavy atom. The highest BCUT2D eigenvalue weighted by atomic mass is 16.5. The van der Waals surface area contributed by atoms with Crippen LogP contribution in [0.2, 0.25) is 0 Å². The molecule has 4 heteroatoms. The summed E-state index contributed by atoms with van der Waals surface area (Å²) in [4.78, 5) is 12.3. The van der Waals surface area contributed by atoms with Gasteiger partial charge in [0, 0.05) is 30.6 Å². The van der Waals surface area contributed by atoms with Gasteiger partial charge < -0.3 is 14.8 Å². The van der Waals surface area contributed by atoms with Gasteiger partial charge in [0.1, 0.15) is 6.10 Å². The average molecular weight is 297 g/mol. The molecule has 4 atom stereocenters. The number of carbonyl (C=O) groups excluding carboxylic acids is 1. The summed E-state index contributed by atoms with van der Waals surface area (Å²) in [6, 6.07) is 0.214. The lowest BCUT2D eigenvalue weighted by Gasteiger charge is -2.60. The third-order valence-electron chi connectivity index (χ3n) is 5.06. The highest BCUT2D eigenvalue weighted by molar-refractivity contribution is 5.81. The second kappa shape index (κ2) is 6.66. The van der Waals surface area contributed by atoms with Crippen LogP contribution in [-0.2, 0) is 14.3 Å². The van der Waals surface area contributed by atoms with Crippen molar-refractivity contribution in [2.45, 2.75) is 72.1 Å². The lowest BCUT2D eigenvalue weighted by atomic mass is 9.55. The Morgan fingerprint density at radius 1 is 1.38 bits per heavy atom. The molecule has 0 aromatic heterocycles. The minimum atomic E-state index is -0.372. The van der Waals surface area contributed by atoms with Crippen LogP contribution in [-0.4, -0.2) is 37.4 Å². The molecule has 4 nitrogen and oxygen atoms in total. The minimum absolute atomic E-state index is 0.0147. The summed E-state index contributed by atoms with van der Waals surface area (Å²) in [5.41, 5.74) is 0.0262. The quantitative estimate of drug-likeness (QED) is 0.820. The van der Waals surface area contributed by atoms with Crippen molar-refractivity contribution < 1.29 is 14.3 Å². The molecule has 1 saturated carbocycles. The second-order valence-corrected chi connectivity index (χ2v) is 7.60. The van der Waals surface area contributed by atoms with E-state index in [4.69, 9.17) is 9.47 Å². The summed E-state index contributed by atoms with van der Waals surface area (Å²) in [5, 5.41) is 3.20. The zero-order chi connectivity index (χ0) is 15.6. The van der Waals surface area contributed by atoms with E-state index in [1.165, 1.54) is 0 Å². The highest BCUT2D eigenvalue weighted by Crippen LogP contribution is 2.51. The first-order chi connectivity index (χ1) is 9.84. The molecule has 122 valence electrons. The standard InChI is InChI=1S/C17H31NO3/c1-11(2)8-10-20-12(3)16(19)18-14-13-7-6-9-21-15(13)17(14,4)5/h11-15H,6-10H2,1-5H3,(H,18,19)/t12-,13+,14-,15+/m1/s1. The van der Waals surface area contributed by atoms with Crippen LogP contribution in [0.25, 0.3) is 0 Å². The van der Waals surface area contributed by atoms with Crippen LogP contribution >= 0.6 is 0 Å². The topological polar surface area (TPSA) is 47.6 Å². The van der Waals surface area contributed by atoms with Crippen molar-refractivity contribution in [3.8, 4) is 0 Å². The maximum absolute atomic E-state index is 12.3. The van der Waals surface area contributed by atoms with Gasteiger partial charge in [-0.15, -0.1) is 0 Å². The molecule has 0 bridgehead atoms. The molecule has 1 saturated heterocycles. The molecule has 2 fully saturated rings. The van der Waals surface area contributed by atoms with E-state index in [9.17, 15) is 4.79 Å². The van der Waals surface area contributed by atoms with E-state index in [2.05, 4.69) is 33.0 Å². The smallest absolute Gasteiger partial charge is 0.249 e. The lowest BCUT2D eigenvalue weighted by molar-refractivity contribution is -0.195. The number of rotatable bonds is 6. The van der Waals surface area contributed by atoms with Gasteiger partial charge in [0.05, 0.1) is 6.10 Å². The molecule has 21 heavy (non-hydrogen) atoms.